The average molecular weight is 677 g/mol. The second-order valence-electron chi connectivity index (χ2n) is 12.5. The van der Waals surface area contributed by atoms with E-state index in [9.17, 15) is 19.2 Å². The van der Waals surface area contributed by atoms with Crippen molar-refractivity contribution in [3.05, 3.63) is 77.4 Å². The van der Waals surface area contributed by atoms with E-state index in [0.29, 0.717) is 72.2 Å². The minimum Gasteiger partial charge on any atom is -0.495 e. The number of carbonyl (C=O) groups is 4. The van der Waals surface area contributed by atoms with Crippen LogP contribution in [0, 0.1) is 6.92 Å². The van der Waals surface area contributed by atoms with Gasteiger partial charge in [0.1, 0.15) is 22.8 Å². The summed E-state index contributed by atoms with van der Waals surface area (Å²) in [6.45, 7) is 8.36. The molecule has 0 aliphatic rings. The van der Waals surface area contributed by atoms with E-state index in [-0.39, 0.29) is 18.4 Å². The second-order valence-corrected chi connectivity index (χ2v) is 12.5. The topological polar surface area (TPSA) is 159 Å². The normalized spacial score (nSPS) is 10.9. The molecule has 0 fully saturated rings. The molecule has 0 aliphatic carbocycles. The van der Waals surface area contributed by atoms with Crippen molar-refractivity contribution in [3.8, 4) is 17.2 Å². The molecule has 12 heteroatoms. The van der Waals surface area contributed by atoms with Gasteiger partial charge in [-0.25, -0.2) is 4.79 Å². The smallest absolute Gasteiger partial charge is 0.407 e. The Morgan fingerprint density at radius 3 is 2.27 bits per heavy atom. The van der Waals surface area contributed by atoms with Crippen LogP contribution in [0.4, 0.5) is 16.2 Å². The minimum atomic E-state index is -0.584. The van der Waals surface area contributed by atoms with E-state index in [1.54, 1.807) is 70.3 Å². The summed E-state index contributed by atoms with van der Waals surface area (Å²) < 4.78 is 22.7. The molecule has 0 heterocycles. The van der Waals surface area contributed by atoms with Crippen molar-refractivity contribution >= 4 is 35.2 Å². The number of nitrogens with two attached hydrogens (primary N) is 1. The highest BCUT2D eigenvalue weighted by atomic mass is 16.6. The van der Waals surface area contributed by atoms with Crippen molar-refractivity contribution < 1.29 is 38.1 Å². The number of nitrogens with one attached hydrogen (secondary N) is 2. The van der Waals surface area contributed by atoms with Gasteiger partial charge in [-0.3, -0.25) is 14.4 Å². The molecule has 12 nitrogen and oxygen atoms in total. The van der Waals surface area contributed by atoms with Crippen molar-refractivity contribution in [1.82, 2.24) is 5.32 Å². The van der Waals surface area contributed by atoms with Crippen molar-refractivity contribution in [2.45, 2.75) is 65.4 Å². The van der Waals surface area contributed by atoms with Crippen LogP contribution in [-0.4, -0.2) is 63.3 Å². The van der Waals surface area contributed by atoms with Crippen LogP contribution in [0.25, 0.3) is 0 Å². The highest BCUT2D eigenvalue weighted by Crippen LogP contribution is 2.32. The summed E-state index contributed by atoms with van der Waals surface area (Å²) in [6, 6.07) is 17.2. The summed E-state index contributed by atoms with van der Waals surface area (Å²) in [5.41, 5.74) is 7.24. The van der Waals surface area contributed by atoms with Crippen LogP contribution in [0.5, 0.6) is 17.2 Å². The molecule has 0 radical (unpaired) electrons. The number of benzene rings is 3. The minimum absolute atomic E-state index is 0.262. The number of para-hydroxylation sites is 1. The number of amides is 4. The molecule has 0 aromatic heterocycles. The molecule has 0 aliphatic heterocycles. The molecule has 0 saturated carbocycles. The predicted octanol–water partition coefficient (Wildman–Crippen LogP) is 6.25. The number of hydrogen-bond donors (Lipinski definition) is 3. The number of carbonyl (C=O) groups excluding carboxylic acids is 4. The molecule has 0 unspecified atom stereocenters. The third-order valence-electron chi connectivity index (χ3n) is 7.18. The van der Waals surface area contributed by atoms with Gasteiger partial charge in [0.05, 0.1) is 37.3 Å². The molecule has 3 rings (SSSR count). The second kappa shape index (κ2) is 18.3. The lowest BCUT2D eigenvalue weighted by Gasteiger charge is -2.22. The van der Waals surface area contributed by atoms with Gasteiger partial charge in [-0.1, -0.05) is 18.2 Å². The van der Waals surface area contributed by atoms with Crippen LogP contribution in [0.2, 0.25) is 0 Å². The first-order valence-electron chi connectivity index (χ1n) is 16.3. The van der Waals surface area contributed by atoms with Gasteiger partial charge in [-0.05, 0) is 101 Å². The van der Waals surface area contributed by atoms with Crippen molar-refractivity contribution in [2.75, 3.05) is 44.1 Å². The van der Waals surface area contributed by atoms with Crippen molar-refractivity contribution in [1.29, 1.82) is 0 Å². The van der Waals surface area contributed by atoms with Crippen LogP contribution in [0.15, 0.2) is 60.7 Å². The van der Waals surface area contributed by atoms with E-state index < -0.39 is 17.6 Å². The van der Waals surface area contributed by atoms with Gasteiger partial charge in [-0.2, -0.15) is 0 Å². The van der Waals surface area contributed by atoms with Crippen molar-refractivity contribution in [3.63, 3.8) is 0 Å². The van der Waals surface area contributed by atoms with E-state index in [4.69, 9.17) is 24.7 Å². The summed E-state index contributed by atoms with van der Waals surface area (Å²) >= 11 is 0. The number of alkyl carbamates (subject to hydrolysis) is 1. The molecular weight excluding hydrogens is 628 g/mol. The fraction of sp³-hybridized carbons (Fsp3) is 0.405. The number of methoxy groups -OCH3 is 1. The summed E-state index contributed by atoms with van der Waals surface area (Å²) in [4.78, 5) is 51.3. The van der Waals surface area contributed by atoms with Gasteiger partial charge in [0.15, 0.2) is 0 Å². The monoisotopic (exact) mass is 676 g/mol. The Morgan fingerprint density at radius 1 is 0.837 bits per heavy atom. The maximum atomic E-state index is 13.6. The van der Waals surface area contributed by atoms with Gasteiger partial charge in [-0.15, -0.1) is 0 Å². The molecule has 49 heavy (non-hydrogen) atoms. The van der Waals surface area contributed by atoms with E-state index in [0.717, 1.165) is 18.4 Å². The van der Waals surface area contributed by atoms with Crippen molar-refractivity contribution in [2.24, 2.45) is 5.73 Å². The van der Waals surface area contributed by atoms with Gasteiger partial charge in [0, 0.05) is 25.6 Å². The largest absolute Gasteiger partial charge is 0.495 e. The molecule has 4 amide bonds. The van der Waals surface area contributed by atoms with Crippen LogP contribution >= 0.6 is 0 Å². The Morgan fingerprint density at radius 2 is 1.55 bits per heavy atom. The molecule has 3 aromatic rings. The molecular formula is C37H48N4O8. The molecule has 0 bridgehead atoms. The molecule has 0 spiro atoms. The summed E-state index contributed by atoms with van der Waals surface area (Å²) in [7, 11) is 3.13. The Hall–Kier alpha value is -5.26. The van der Waals surface area contributed by atoms with Crippen LogP contribution < -0.4 is 35.5 Å². The molecule has 4 N–H and O–H groups in total. The van der Waals surface area contributed by atoms with Gasteiger partial charge in [0.25, 0.3) is 11.8 Å². The number of nitrogens with zero attached hydrogens (tertiary/aromatic N) is 1. The summed E-state index contributed by atoms with van der Waals surface area (Å²) in [5, 5.41) is 5.53. The van der Waals surface area contributed by atoms with Crippen LogP contribution in [0.1, 0.15) is 79.2 Å². The highest BCUT2D eigenvalue weighted by Gasteiger charge is 2.21. The first-order valence-corrected chi connectivity index (χ1v) is 16.3. The maximum absolute atomic E-state index is 13.6. The number of aryl methyl sites for hydroxylation is 1. The lowest BCUT2D eigenvalue weighted by atomic mass is 10.1. The van der Waals surface area contributed by atoms with Gasteiger partial charge in [0.2, 0.25) is 5.91 Å². The Bertz CT molecular complexity index is 1600. The molecule has 264 valence electrons. The predicted molar refractivity (Wildman–Crippen MR) is 189 cm³/mol. The Balaban J connectivity index is 1.64. The number of hydrogen-bond acceptors (Lipinski definition) is 8. The molecule has 0 saturated heterocycles. The first kappa shape index (κ1) is 38.2. The number of anilines is 2. The van der Waals surface area contributed by atoms with E-state index in [2.05, 4.69) is 10.6 Å². The highest BCUT2D eigenvalue weighted by molar-refractivity contribution is 6.09. The zero-order valence-corrected chi connectivity index (χ0v) is 29.2. The zero-order valence-electron chi connectivity index (χ0n) is 29.2. The fourth-order valence-electron chi connectivity index (χ4n) is 4.73. The Labute approximate surface area is 288 Å². The van der Waals surface area contributed by atoms with Gasteiger partial charge >= 0.3 is 6.09 Å². The SMILES string of the molecule is COc1cc(C(=O)N(C)c2ccc(C)cc2OCCCCCC(N)=O)ccc1NC(=O)c1ccccc1OCCCNC(=O)OC(C)(C)C. The summed E-state index contributed by atoms with van der Waals surface area (Å²) in [6.07, 6.45) is 2.59. The third kappa shape index (κ3) is 12.4. The van der Waals surface area contributed by atoms with E-state index >= 15 is 0 Å². The standard InChI is InChI=1S/C37H48N4O8/c1-25-16-19-29(32(23-25)48-21-11-7-8-15-33(38)42)41(5)35(44)26-17-18-28(31(24-26)46-6)40-34(43)27-13-9-10-14-30(27)47-22-12-20-39-36(45)49-37(2,3)4/h9-10,13-14,16-19,23-24H,7-8,11-12,15,20-22H2,1-6H3,(H2,38,42)(H,39,45)(H,40,43). The maximum Gasteiger partial charge on any atom is 0.407 e. The molecule has 3 aromatic carbocycles. The van der Waals surface area contributed by atoms with Crippen LogP contribution in [0.3, 0.4) is 0 Å². The van der Waals surface area contributed by atoms with Crippen LogP contribution in [-0.2, 0) is 9.53 Å². The zero-order chi connectivity index (χ0) is 36.0. The van der Waals surface area contributed by atoms with Gasteiger partial charge < -0.3 is 40.2 Å². The quantitative estimate of drug-likeness (QED) is 0.142. The number of unbranched alkanes of at least 4 members (excludes halogenated alkanes) is 2. The van der Waals surface area contributed by atoms with E-state index in [1.807, 2.05) is 25.1 Å². The first-order chi connectivity index (χ1) is 23.3. The summed E-state index contributed by atoms with van der Waals surface area (Å²) in [5.74, 6) is 0.215. The lowest BCUT2D eigenvalue weighted by molar-refractivity contribution is -0.118. The molecule has 0 atom stereocenters. The number of ether oxygens (including phenoxy) is 4. The van der Waals surface area contributed by atoms with E-state index in [1.165, 1.54) is 12.0 Å². The third-order valence-corrected chi connectivity index (χ3v) is 7.18. The Kier molecular flexibility index (Phi) is 14.3. The average Bonchev–Trinajstić information content (AvgIpc) is 3.05. The number of primary amides is 1. The number of rotatable bonds is 17. The fourth-order valence-corrected chi connectivity index (χ4v) is 4.73. The lowest BCUT2D eigenvalue weighted by Crippen LogP contribution is -2.33.